The Kier molecular flexibility index (Phi) is 2.73. The van der Waals surface area contributed by atoms with Gasteiger partial charge in [-0.25, -0.2) is 0 Å². The van der Waals surface area contributed by atoms with Crippen molar-refractivity contribution in [2.75, 3.05) is 5.32 Å². The SMILES string of the molecule is Cc1ncccc1NCc1cccc2[nH]ccc12. The Hall–Kier alpha value is -2.29. The molecule has 3 nitrogen and oxygen atoms in total. The van der Waals surface area contributed by atoms with Crippen LogP contribution in [-0.2, 0) is 6.54 Å². The van der Waals surface area contributed by atoms with Crippen LogP contribution in [0.2, 0.25) is 0 Å². The summed E-state index contributed by atoms with van der Waals surface area (Å²) < 4.78 is 0. The maximum absolute atomic E-state index is 4.28. The van der Waals surface area contributed by atoms with E-state index in [0.717, 1.165) is 17.9 Å². The smallest absolute Gasteiger partial charge is 0.0603 e. The number of H-pyrrole nitrogens is 1. The third-order valence-corrected chi connectivity index (χ3v) is 3.16. The molecule has 0 unspecified atom stereocenters. The van der Waals surface area contributed by atoms with Crippen molar-refractivity contribution in [2.45, 2.75) is 13.5 Å². The van der Waals surface area contributed by atoms with Gasteiger partial charge in [0.2, 0.25) is 0 Å². The standard InChI is InChI=1S/C15H15N3/c1-11-14(6-3-8-16-11)18-10-12-4-2-5-15-13(12)7-9-17-15/h2-9,17-18H,10H2,1H3. The van der Waals surface area contributed by atoms with Crippen LogP contribution in [0.3, 0.4) is 0 Å². The summed E-state index contributed by atoms with van der Waals surface area (Å²) in [5, 5.41) is 4.70. The fourth-order valence-corrected chi connectivity index (χ4v) is 2.17. The highest BCUT2D eigenvalue weighted by Crippen LogP contribution is 2.19. The molecule has 0 spiro atoms. The van der Waals surface area contributed by atoms with E-state index in [1.54, 1.807) is 0 Å². The van der Waals surface area contributed by atoms with Gasteiger partial charge in [-0.2, -0.15) is 0 Å². The van der Waals surface area contributed by atoms with Crippen molar-refractivity contribution >= 4 is 16.6 Å². The van der Waals surface area contributed by atoms with Crippen LogP contribution in [0.1, 0.15) is 11.3 Å². The number of nitrogens with zero attached hydrogens (tertiary/aromatic N) is 1. The van der Waals surface area contributed by atoms with E-state index in [1.807, 2.05) is 25.4 Å². The Balaban J connectivity index is 1.85. The van der Waals surface area contributed by atoms with E-state index in [1.165, 1.54) is 16.5 Å². The summed E-state index contributed by atoms with van der Waals surface area (Å²) in [6, 6.07) is 12.4. The molecule has 0 saturated carbocycles. The summed E-state index contributed by atoms with van der Waals surface area (Å²) in [4.78, 5) is 7.50. The second-order valence-corrected chi connectivity index (χ2v) is 4.35. The van der Waals surface area contributed by atoms with E-state index in [9.17, 15) is 0 Å². The topological polar surface area (TPSA) is 40.7 Å². The minimum absolute atomic E-state index is 0.807. The highest BCUT2D eigenvalue weighted by atomic mass is 14.9. The van der Waals surface area contributed by atoms with E-state index in [4.69, 9.17) is 0 Å². The number of fused-ring (bicyclic) bond motifs is 1. The van der Waals surface area contributed by atoms with Crippen molar-refractivity contribution in [1.29, 1.82) is 0 Å². The van der Waals surface area contributed by atoms with Crippen LogP contribution in [0, 0.1) is 6.92 Å². The van der Waals surface area contributed by atoms with E-state index < -0.39 is 0 Å². The number of hydrogen-bond donors (Lipinski definition) is 2. The van der Waals surface area contributed by atoms with Crippen LogP contribution in [0.15, 0.2) is 48.8 Å². The highest BCUT2D eigenvalue weighted by molar-refractivity contribution is 5.83. The Morgan fingerprint density at radius 3 is 3.00 bits per heavy atom. The molecule has 1 aromatic carbocycles. The summed E-state index contributed by atoms with van der Waals surface area (Å²) in [6.07, 6.45) is 3.79. The molecule has 0 bridgehead atoms. The van der Waals surface area contributed by atoms with Gasteiger partial charge >= 0.3 is 0 Å². The lowest BCUT2D eigenvalue weighted by molar-refractivity contribution is 1.12. The number of aromatic amines is 1. The molecule has 2 heterocycles. The molecular weight excluding hydrogens is 222 g/mol. The minimum Gasteiger partial charge on any atom is -0.379 e. The molecule has 0 saturated heterocycles. The third-order valence-electron chi connectivity index (χ3n) is 3.16. The van der Waals surface area contributed by atoms with Crippen LogP contribution in [0.25, 0.3) is 10.9 Å². The van der Waals surface area contributed by atoms with Gasteiger partial charge < -0.3 is 10.3 Å². The molecule has 90 valence electrons. The highest BCUT2D eigenvalue weighted by Gasteiger charge is 2.02. The zero-order chi connectivity index (χ0) is 12.4. The van der Waals surface area contributed by atoms with Crippen LogP contribution in [-0.4, -0.2) is 9.97 Å². The van der Waals surface area contributed by atoms with Crippen LogP contribution in [0.5, 0.6) is 0 Å². The van der Waals surface area contributed by atoms with E-state index in [-0.39, 0.29) is 0 Å². The van der Waals surface area contributed by atoms with Crippen molar-refractivity contribution in [3.63, 3.8) is 0 Å². The molecule has 3 aromatic rings. The molecule has 2 aromatic heterocycles. The van der Waals surface area contributed by atoms with Gasteiger partial charge in [0.05, 0.1) is 11.4 Å². The molecule has 0 aliphatic rings. The maximum atomic E-state index is 4.28. The summed E-state index contributed by atoms with van der Waals surface area (Å²) in [5.41, 5.74) is 4.58. The molecular formula is C15H15N3. The van der Waals surface area contributed by atoms with Gasteiger partial charge in [-0.15, -0.1) is 0 Å². The lowest BCUT2D eigenvalue weighted by atomic mass is 10.1. The van der Waals surface area contributed by atoms with Gasteiger partial charge in [0.1, 0.15) is 0 Å². The maximum Gasteiger partial charge on any atom is 0.0603 e. The average Bonchev–Trinajstić information content (AvgIpc) is 2.86. The third kappa shape index (κ3) is 1.95. The molecule has 0 aliphatic carbocycles. The summed E-state index contributed by atoms with van der Waals surface area (Å²) in [7, 11) is 0. The first-order valence-electron chi connectivity index (χ1n) is 6.05. The molecule has 0 amide bonds. The van der Waals surface area contributed by atoms with Gasteiger partial charge in [-0.05, 0) is 36.8 Å². The Bertz CT molecular complexity index is 670. The van der Waals surface area contributed by atoms with Gasteiger partial charge in [0.25, 0.3) is 0 Å². The second-order valence-electron chi connectivity index (χ2n) is 4.35. The molecule has 0 radical (unpaired) electrons. The quantitative estimate of drug-likeness (QED) is 0.732. The molecule has 0 aliphatic heterocycles. The fourth-order valence-electron chi connectivity index (χ4n) is 2.17. The second kappa shape index (κ2) is 4.53. The minimum atomic E-state index is 0.807. The summed E-state index contributed by atoms with van der Waals surface area (Å²) in [6.45, 7) is 2.82. The summed E-state index contributed by atoms with van der Waals surface area (Å²) >= 11 is 0. The van der Waals surface area contributed by atoms with Gasteiger partial charge in [-0.3, -0.25) is 4.98 Å². The van der Waals surface area contributed by atoms with Crippen molar-refractivity contribution in [3.05, 3.63) is 60.0 Å². The normalized spacial score (nSPS) is 10.7. The zero-order valence-corrected chi connectivity index (χ0v) is 10.3. The predicted molar refractivity (Wildman–Crippen MR) is 74.6 cm³/mol. The van der Waals surface area contributed by atoms with Crippen LogP contribution in [0.4, 0.5) is 5.69 Å². The largest absolute Gasteiger partial charge is 0.379 e. The summed E-state index contributed by atoms with van der Waals surface area (Å²) in [5.74, 6) is 0. The molecule has 0 fully saturated rings. The average molecular weight is 237 g/mol. The number of benzene rings is 1. The molecule has 3 rings (SSSR count). The molecule has 2 N–H and O–H groups in total. The number of nitrogens with one attached hydrogen (secondary N) is 2. The molecule has 3 heteroatoms. The van der Waals surface area contributed by atoms with E-state index in [2.05, 4.69) is 45.6 Å². The van der Waals surface area contributed by atoms with Crippen molar-refractivity contribution in [2.24, 2.45) is 0 Å². The number of rotatable bonds is 3. The Morgan fingerprint density at radius 1 is 1.17 bits per heavy atom. The first-order valence-corrected chi connectivity index (χ1v) is 6.05. The monoisotopic (exact) mass is 237 g/mol. The first kappa shape index (κ1) is 10.8. The number of aryl methyl sites for hydroxylation is 1. The molecule has 18 heavy (non-hydrogen) atoms. The van der Waals surface area contributed by atoms with E-state index in [0.29, 0.717) is 0 Å². The van der Waals surface area contributed by atoms with Crippen molar-refractivity contribution < 1.29 is 0 Å². The fraction of sp³-hybridized carbons (Fsp3) is 0.133. The van der Waals surface area contributed by atoms with Crippen molar-refractivity contribution in [1.82, 2.24) is 9.97 Å². The first-order chi connectivity index (χ1) is 8.84. The van der Waals surface area contributed by atoms with Gasteiger partial charge in [-0.1, -0.05) is 12.1 Å². The van der Waals surface area contributed by atoms with Crippen molar-refractivity contribution in [3.8, 4) is 0 Å². The molecule has 0 atom stereocenters. The lowest BCUT2D eigenvalue weighted by Gasteiger charge is -2.09. The lowest BCUT2D eigenvalue weighted by Crippen LogP contribution is -2.02. The van der Waals surface area contributed by atoms with E-state index >= 15 is 0 Å². The van der Waals surface area contributed by atoms with Crippen LogP contribution >= 0.6 is 0 Å². The Labute approximate surface area is 106 Å². The predicted octanol–water partition coefficient (Wildman–Crippen LogP) is 3.48. The number of aromatic nitrogens is 2. The van der Waals surface area contributed by atoms with Gasteiger partial charge in [0, 0.05) is 29.8 Å². The van der Waals surface area contributed by atoms with Crippen LogP contribution < -0.4 is 5.32 Å². The zero-order valence-electron chi connectivity index (χ0n) is 10.3. The number of anilines is 1. The number of pyridine rings is 1. The Morgan fingerprint density at radius 2 is 2.11 bits per heavy atom. The van der Waals surface area contributed by atoms with Gasteiger partial charge in [0.15, 0.2) is 0 Å². The number of hydrogen-bond acceptors (Lipinski definition) is 2.